The minimum absolute atomic E-state index is 0.222. The van der Waals surface area contributed by atoms with Crippen LogP contribution in [0.5, 0.6) is 0 Å². The first-order valence-electron chi connectivity index (χ1n) is 5.83. The molecule has 1 aliphatic rings. The van der Waals surface area contributed by atoms with Gasteiger partial charge in [0.15, 0.2) is 0 Å². The van der Waals surface area contributed by atoms with Gasteiger partial charge < -0.3 is 5.11 Å². The maximum absolute atomic E-state index is 10.8. The highest BCUT2D eigenvalue weighted by atomic mass is 16.4. The van der Waals surface area contributed by atoms with Crippen LogP contribution in [-0.4, -0.2) is 34.1 Å². The molecule has 0 aromatic carbocycles. The fourth-order valence-corrected chi connectivity index (χ4v) is 2.66. The third kappa shape index (κ3) is 2.94. The molecule has 2 unspecified atom stereocenters. The van der Waals surface area contributed by atoms with Crippen molar-refractivity contribution >= 4 is 5.97 Å². The van der Waals surface area contributed by atoms with Gasteiger partial charge in [-0.05, 0) is 46.1 Å². The molecule has 1 saturated heterocycles. The molecule has 0 amide bonds. The predicted octanol–water partition coefficient (Wildman–Crippen LogP) is 2.36. The number of carboxylic acid groups (broad SMARTS) is 1. The highest BCUT2D eigenvalue weighted by molar-refractivity contribution is 5.68. The largest absolute Gasteiger partial charge is 0.481 e. The molecule has 0 bridgehead atoms. The van der Waals surface area contributed by atoms with E-state index in [4.69, 9.17) is 5.11 Å². The lowest BCUT2D eigenvalue weighted by atomic mass is 9.86. The third-order valence-corrected chi connectivity index (χ3v) is 3.73. The number of aliphatic carboxylic acids is 1. The fourth-order valence-electron chi connectivity index (χ4n) is 2.66. The van der Waals surface area contributed by atoms with Gasteiger partial charge in [-0.15, -0.1) is 0 Å². The summed E-state index contributed by atoms with van der Waals surface area (Å²) < 4.78 is 0. The quantitative estimate of drug-likeness (QED) is 0.782. The number of hydrogen-bond donors (Lipinski definition) is 1. The number of carboxylic acids is 1. The molecule has 0 spiro atoms. The summed E-state index contributed by atoms with van der Waals surface area (Å²) >= 11 is 0. The van der Waals surface area contributed by atoms with Crippen LogP contribution in [-0.2, 0) is 4.79 Å². The molecule has 0 aliphatic carbocycles. The first-order valence-corrected chi connectivity index (χ1v) is 5.83. The molecule has 0 saturated carbocycles. The summed E-state index contributed by atoms with van der Waals surface area (Å²) in [4.78, 5) is 13.2. The van der Waals surface area contributed by atoms with Crippen LogP contribution in [0.15, 0.2) is 0 Å². The van der Waals surface area contributed by atoms with Crippen molar-refractivity contribution in [1.82, 2.24) is 4.90 Å². The molecule has 1 rings (SSSR count). The Morgan fingerprint density at radius 1 is 1.47 bits per heavy atom. The molecule has 1 fully saturated rings. The van der Waals surface area contributed by atoms with Gasteiger partial charge in [-0.1, -0.05) is 6.92 Å². The van der Waals surface area contributed by atoms with Gasteiger partial charge in [0.25, 0.3) is 0 Å². The van der Waals surface area contributed by atoms with E-state index >= 15 is 0 Å². The molecule has 3 heteroatoms. The number of hydrogen-bond acceptors (Lipinski definition) is 2. The summed E-state index contributed by atoms with van der Waals surface area (Å²) in [5.41, 5.74) is -0.222. The van der Waals surface area contributed by atoms with E-state index in [0.29, 0.717) is 12.0 Å². The zero-order valence-corrected chi connectivity index (χ0v) is 10.3. The van der Waals surface area contributed by atoms with Crippen molar-refractivity contribution in [2.24, 2.45) is 5.92 Å². The topological polar surface area (TPSA) is 40.5 Å². The smallest absolute Gasteiger partial charge is 0.305 e. The molecular weight excluding hydrogens is 190 g/mol. The van der Waals surface area contributed by atoms with Crippen molar-refractivity contribution in [3.63, 3.8) is 0 Å². The summed E-state index contributed by atoms with van der Waals surface area (Å²) in [7, 11) is 0. The molecule has 3 nitrogen and oxygen atoms in total. The van der Waals surface area contributed by atoms with E-state index < -0.39 is 5.97 Å². The van der Waals surface area contributed by atoms with Crippen LogP contribution in [0.2, 0.25) is 0 Å². The lowest BCUT2D eigenvalue weighted by Gasteiger charge is -2.47. The first-order chi connectivity index (χ1) is 6.84. The van der Waals surface area contributed by atoms with Crippen LogP contribution in [0.1, 0.15) is 47.0 Å². The zero-order chi connectivity index (χ0) is 11.6. The monoisotopic (exact) mass is 213 g/mol. The van der Waals surface area contributed by atoms with Gasteiger partial charge in [0.1, 0.15) is 0 Å². The number of carbonyl (C=O) groups is 1. The summed E-state index contributed by atoms with van der Waals surface area (Å²) in [6, 6.07) is 0.494. The van der Waals surface area contributed by atoms with Crippen LogP contribution < -0.4 is 0 Å². The van der Waals surface area contributed by atoms with Gasteiger partial charge >= 0.3 is 5.97 Å². The summed E-state index contributed by atoms with van der Waals surface area (Å²) in [5.74, 6) is -0.0303. The van der Waals surface area contributed by atoms with Crippen LogP contribution in [0.25, 0.3) is 0 Å². The molecule has 15 heavy (non-hydrogen) atoms. The standard InChI is InChI=1S/C12H23NO2/c1-9-6-5-7-13(10(9)2)12(3,4)8-11(14)15/h9-10H,5-8H2,1-4H3,(H,14,15). The summed E-state index contributed by atoms with van der Waals surface area (Å²) in [6.45, 7) is 9.58. The Labute approximate surface area is 92.5 Å². The van der Waals surface area contributed by atoms with E-state index in [1.807, 2.05) is 13.8 Å². The average molecular weight is 213 g/mol. The van der Waals surface area contributed by atoms with Crippen LogP contribution in [0.4, 0.5) is 0 Å². The second-order valence-corrected chi connectivity index (χ2v) is 5.44. The van der Waals surface area contributed by atoms with E-state index in [-0.39, 0.29) is 12.0 Å². The van der Waals surface area contributed by atoms with Crippen molar-refractivity contribution in [2.45, 2.75) is 58.5 Å². The molecule has 0 aromatic rings. The molecule has 1 aliphatic heterocycles. The van der Waals surface area contributed by atoms with Crippen LogP contribution >= 0.6 is 0 Å². The third-order valence-electron chi connectivity index (χ3n) is 3.73. The van der Waals surface area contributed by atoms with Crippen LogP contribution in [0.3, 0.4) is 0 Å². The Morgan fingerprint density at radius 2 is 2.07 bits per heavy atom. The van der Waals surface area contributed by atoms with Gasteiger partial charge in [-0.2, -0.15) is 0 Å². The molecule has 1 N–H and O–H groups in total. The minimum Gasteiger partial charge on any atom is -0.481 e. The Bertz CT molecular complexity index is 238. The lowest BCUT2D eigenvalue weighted by molar-refractivity contribution is -0.140. The SMILES string of the molecule is CC1CCCN(C(C)(C)CC(=O)O)C1C. The van der Waals surface area contributed by atoms with Gasteiger partial charge in [-0.25, -0.2) is 0 Å². The molecule has 0 radical (unpaired) electrons. The summed E-state index contributed by atoms with van der Waals surface area (Å²) in [5, 5.41) is 8.91. The minimum atomic E-state index is -0.703. The normalized spacial score (nSPS) is 29.1. The second-order valence-electron chi connectivity index (χ2n) is 5.44. The van der Waals surface area contributed by atoms with Crippen molar-refractivity contribution in [2.75, 3.05) is 6.54 Å². The van der Waals surface area contributed by atoms with Crippen molar-refractivity contribution in [3.05, 3.63) is 0 Å². The van der Waals surface area contributed by atoms with Crippen molar-refractivity contribution in [1.29, 1.82) is 0 Å². The Kier molecular flexibility index (Phi) is 3.77. The van der Waals surface area contributed by atoms with Crippen LogP contribution in [0, 0.1) is 5.92 Å². The molecule has 0 aromatic heterocycles. The number of rotatable bonds is 3. The van der Waals surface area contributed by atoms with E-state index in [0.717, 1.165) is 6.54 Å². The van der Waals surface area contributed by atoms with E-state index in [1.165, 1.54) is 12.8 Å². The molecule has 88 valence electrons. The fraction of sp³-hybridized carbons (Fsp3) is 0.917. The first kappa shape index (κ1) is 12.5. The number of nitrogens with zero attached hydrogens (tertiary/aromatic N) is 1. The van der Waals surface area contributed by atoms with E-state index in [9.17, 15) is 4.79 Å². The Morgan fingerprint density at radius 3 is 2.60 bits per heavy atom. The van der Waals surface area contributed by atoms with Gasteiger partial charge in [0.05, 0.1) is 6.42 Å². The van der Waals surface area contributed by atoms with Gasteiger partial charge in [0, 0.05) is 11.6 Å². The summed E-state index contributed by atoms with van der Waals surface area (Å²) in [6.07, 6.45) is 2.68. The molecule has 1 heterocycles. The van der Waals surface area contributed by atoms with E-state index in [1.54, 1.807) is 0 Å². The highest BCUT2D eigenvalue weighted by Gasteiger charge is 2.36. The average Bonchev–Trinajstić information content (AvgIpc) is 2.07. The zero-order valence-electron chi connectivity index (χ0n) is 10.3. The Hall–Kier alpha value is -0.570. The lowest BCUT2D eigenvalue weighted by Crippen LogP contribution is -2.54. The Balaban J connectivity index is 2.71. The number of piperidine rings is 1. The predicted molar refractivity (Wildman–Crippen MR) is 60.9 cm³/mol. The maximum atomic E-state index is 10.8. The molecule has 2 atom stereocenters. The van der Waals surface area contributed by atoms with Gasteiger partial charge in [-0.3, -0.25) is 9.69 Å². The molecular formula is C12H23NO2. The van der Waals surface area contributed by atoms with Crippen molar-refractivity contribution in [3.8, 4) is 0 Å². The van der Waals surface area contributed by atoms with E-state index in [2.05, 4.69) is 18.7 Å². The maximum Gasteiger partial charge on any atom is 0.305 e. The van der Waals surface area contributed by atoms with Crippen molar-refractivity contribution < 1.29 is 9.90 Å². The number of likely N-dealkylation sites (tertiary alicyclic amines) is 1. The second kappa shape index (κ2) is 4.52. The highest BCUT2D eigenvalue weighted by Crippen LogP contribution is 2.31. The van der Waals surface area contributed by atoms with Gasteiger partial charge in [0.2, 0.25) is 0 Å².